The minimum absolute atomic E-state index is 0.796. The first-order valence-corrected chi connectivity index (χ1v) is 10.4. The highest BCUT2D eigenvalue weighted by atomic mass is 16.5. The van der Waals surface area contributed by atoms with Gasteiger partial charge in [-0.25, -0.2) is 0 Å². The van der Waals surface area contributed by atoms with Gasteiger partial charge < -0.3 is 20.3 Å². The molecule has 2 aliphatic rings. The second-order valence-corrected chi connectivity index (χ2v) is 7.41. The molecule has 27 heavy (non-hydrogen) atoms. The number of rotatable bonds is 7. The van der Waals surface area contributed by atoms with E-state index in [-0.39, 0.29) is 0 Å². The zero-order valence-corrected chi connectivity index (χ0v) is 16.8. The molecule has 0 bridgehead atoms. The summed E-state index contributed by atoms with van der Waals surface area (Å²) < 4.78 is 5.46. The van der Waals surface area contributed by atoms with Gasteiger partial charge in [0.25, 0.3) is 0 Å². The molecule has 0 amide bonds. The van der Waals surface area contributed by atoms with Gasteiger partial charge in [-0.15, -0.1) is 0 Å². The minimum Gasteiger partial charge on any atom is -0.379 e. The normalized spacial score (nSPS) is 19.8. The Balaban J connectivity index is 1.44. The number of aliphatic imine (C=N–C) groups is 1. The molecule has 2 heterocycles. The van der Waals surface area contributed by atoms with Gasteiger partial charge >= 0.3 is 0 Å². The van der Waals surface area contributed by atoms with Crippen molar-refractivity contribution in [1.82, 2.24) is 20.4 Å². The fourth-order valence-corrected chi connectivity index (χ4v) is 3.80. The second kappa shape index (κ2) is 11.3. The summed E-state index contributed by atoms with van der Waals surface area (Å²) in [5, 5.41) is 6.94. The summed E-state index contributed by atoms with van der Waals surface area (Å²) in [6, 6.07) is 8.69. The number of hydrogen-bond donors (Lipinski definition) is 2. The van der Waals surface area contributed by atoms with Crippen LogP contribution in [0.15, 0.2) is 29.3 Å². The molecule has 0 atom stereocenters. The van der Waals surface area contributed by atoms with Gasteiger partial charge in [-0.1, -0.05) is 30.7 Å². The molecule has 6 heteroatoms. The topological polar surface area (TPSA) is 52.1 Å². The Morgan fingerprint density at radius 3 is 2.44 bits per heavy atom. The molecule has 0 radical (unpaired) electrons. The van der Waals surface area contributed by atoms with E-state index in [1.807, 2.05) is 7.05 Å². The van der Waals surface area contributed by atoms with Crippen molar-refractivity contribution in [3.05, 3.63) is 35.4 Å². The highest BCUT2D eigenvalue weighted by Crippen LogP contribution is 2.13. The van der Waals surface area contributed by atoms with Crippen LogP contribution >= 0.6 is 0 Å². The van der Waals surface area contributed by atoms with Crippen LogP contribution in [-0.2, 0) is 17.8 Å². The maximum absolute atomic E-state index is 5.46. The quantitative estimate of drug-likeness (QED) is 0.562. The van der Waals surface area contributed by atoms with Gasteiger partial charge in [0.15, 0.2) is 5.96 Å². The molecule has 3 rings (SSSR count). The van der Waals surface area contributed by atoms with E-state index < -0.39 is 0 Å². The van der Waals surface area contributed by atoms with Gasteiger partial charge in [-0.3, -0.25) is 9.89 Å². The van der Waals surface area contributed by atoms with Crippen LogP contribution in [0.5, 0.6) is 0 Å². The van der Waals surface area contributed by atoms with Crippen molar-refractivity contribution in [2.75, 3.05) is 59.5 Å². The van der Waals surface area contributed by atoms with Crippen molar-refractivity contribution < 1.29 is 4.74 Å². The van der Waals surface area contributed by atoms with E-state index in [1.165, 1.54) is 43.5 Å². The molecule has 0 saturated carbocycles. The summed E-state index contributed by atoms with van der Waals surface area (Å²) in [5.74, 6) is 0.883. The van der Waals surface area contributed by atoms with Gasteiger partial charge in [0.05, 0.1) is 13.2 Å². The van der Waals surface area contributed by atoms with Crippen LogP contribution in [0.1, 0.15) is 30.4 Å². The van der Waals surface area contributed by atoms with Crippen LogP contribution in [0.25, 0.3) is 0 Å². The van der Waals surface area contributed by atoms with Crippen LogP contribution in [0.4, 0.5) is 0 Å². The molecule has 2 fully saturated rings. The lowest BCUT2D eigenvalue weighted by Gasteiger charge is -2.27. The number of hydrogen-bond acceptors (Lipinski definition) is 4. The predicted molar refractivity (Wildman–Crippen MR) is 111 cm³/mol. The Morgan fingerprint density at radius 1 is 0.963 bits per heavy atom. The Hall–Kier alpha value is -1.63. The largest absolute Gasteiger partial charge is 0.379 e. The Kier molecular flexibility index (Phi) is 8.39. The van der Waals surface area contributed by atoms with Gasteiger partial charge in [0.2, 0.25) is 0 Å². The predicted octanol–water partition coefficient (Wildman–Crippen LogP) is 1.67. The van der Waals surface area contributed by atoms with Crippen molar-refractivity contribution >= 4 is 5.96 Å². The van der Waals surface area contributed by atoms with E-state index in [1.54, 1.807) is 0 Å². The first-order valence-electron chi connectivity index (χ1n) is 10.4. The lowest BCUT2D eigenvalue weighted by Crippen LogP contribution is -2.42. The van der Waals surface area contributed by atoms with Crippen LogP contribution in [0.2, 0.25) is 0 Å². The number of likely N-dealkylation sites (tertiary alicyclic amines) is 1. The number of nitrogens with one attached hydrogen (secondary N) is 2. The van der Waals surface area contributed by atoms with Crippen molar-refractivity contribution in [1.29, 1.82) is 0 Å². The molecule has 0 aromatic heterocycles. The monoisotopic (exact) mass is 373 g/mol. The fraction of sp³-hybridized carbons (Fsp3) is 0.667. The molecular weight excluding hydrogens is 338 g/mol. The smallest absolute Gasteiger partial charge is 0.191 e. The third-order valence-corrected chi connectivity index (χ3v) is 5.46. The van der Waals surface area contributed by atoms with E-state index >= 15 is 0 Å². The fourth-order valence-electron chi connectivity index (χ4n) is 3.80. The minimum atomic E-state index is 0.796. The SMILES string of the molecule is CN=C(NCCN1CCCCC1)NCc1ccccc1CN1CCOCC1. The highest BCUT2D eigenvalue weighted by molar-refractivity contribution is 5.79. The molecular formula is C21H35N5O. The van der Waals surface area contributed by atoms with Crippen molar-refractivity contribution in [2.24, 2.45) is 4.99 Å². The molecule has 150 valence electrons. The molecule has 2 N–H and O–H groups in total. The molecule has 0 aliphatic carbocycles. The number of ether oxygens (including phenoxy) is 1. The number of benzene rings is 1. The first-order chi connectivity index (χ1) is 13.3. The van der Waals surface area contributed by atoms with Gasteiger partial charge in [-0.05, 0) is 37.1 Å². The van der Waals surface area contributed by atoms with Crippen molar-refractivity contribution in [3.63, 3.8) is 0 Å². The summed E-state index contributed by atoms with van der Waals surface area (Å²) >= 11 is 0. The van der Waals surface area contributed by atoms with Crippen LogP contribution in [-0.4, -0.2) is 75.3 Å². The van der Waals surface area contributed by atoms with Gasteiger partial charge in [0.1, 0.15) is 0 Å². The Morgan fingerprint density at radius 2 is 1.70 bits per heavy atom. The molecule has 6 nitrogen and oxygen atoms in total. The number of guanidine groups is 1. The average molecular weight is 374 g/mol. The Bertz CT molecular complexity index is 580. The van der Waals surface area contributed by atoms with Crippen LogP contribution in [0.3, 0.4) is 0 Å². The average Bonchev–Trinajstić information content (AvgIpc) is 2.73. The summed E-state index contributed by atoms with van der Waals surface area (Å²) in [4.78, 5) is 9.39. The lowest BCUT2D eigenvalue weighted by atomic mass is 10.1. The van der Waals surface area contributed by atoms with Gasteiger partial charge in [0, 0.05) is 46.3 Å². The van der Waals surface area contributed by atoms with Gasteiger partial charge in [-0.2, -0.15) is 0 Å². The Labute approximate surface area is 164 Å². The van der Waals surface area contributed by atoms with E-state index in [2.05, 4.69) is 49.7 Å². The molecule has 2 saturated heterocycles. The molecule has 0 unspecified atom stereocenters. The third-order valence-electron chi connectivity index (χ3n) is 5.46. The highest BCUT2D eigenvalue weighted by Gasteiger charge is 2.13. The molecule has 1 aromatic rings. The summed E-state index contributed by atoms with van der Waals surface area (Å²) in [6.07, 6.45) is 4.07. The standard InChI is InChI=1S/C21H35N5O/c1-22-21(23-9-12-25-10-5-2-6-11-25)24-17-19-7-3-4-8-20(19)18-26-13-15-27-16-14-26/h3-4,7-8H,2,5-6,9-18H2,1H3,(H2,22,23,24). The van der Waals surface area contributed by atoms with Crippen molar-refractivity contribution in [2.45, 2.75) is 32.4 Å². The van der Waals surface area contributed by atoms with Crippen molar-refractivity contribution in [3.8, 4) is 0 Å². The van der Waals surface area contributed by atoms with E-state index in [0.717, 1.165) is 58.4 Å². The van der Waals surface area contributed by atoms with Crippen LogP contribution < -0.4 is 10.6 Å². The third kappa shape index (κ3) is 6.79. The lowest BCUT2D eigenvalue weighted by molar-refractivity contribution is 0.0341. The van der Waals surface area contributed by atoms with E-state index in [9.17, 15) is 0 Å². The summed E-state index contributed by atoms with van der Waals surface area (Å²) in [7, 11) is 1.84. The summed E-state index contributed by atoms with van der Waals surface area (Å²) in [6.45, 7) is 10.0. The zero-order valence-electron chi connectivity index (χ0n) is 16.8. The van der Waals surface area contributed by atoms with E-state index in [0.29, 0.717) is 0 Å². The molecule has 1 aromatic carbocycles. The maximum atomic E-state index is 5.46. The zero-order chi connectivity index (χ0) is 18.7. The molecule has 0 spiro atoms. The van der Waals surface area contributed by atoms with Crippen LogP contribution in [0, 0.1) is 0 Å². The number of nitrogens with zero attached hydrogens (tertiary/aromatic N) is 3. The second-order valence-electron chi connectivity index (χ2n) is 7.41. The number of morpholine rings is 1. The first kappa shape index (κ1) is 20.1. The molecule has 2 aliphatic heterocycles. The van der Waals surface area contributed by atoms with E-state index in [4.69, 9.17) is 4.74 Å². The number of piperidine rings is 1. The summed E-state index contributed by atoms with van der Waals surface area (Å²) in [5.41, 5.74) is 2.72. The maximum Gasteiger partial charge on any atom is 0.191 e.